The van der Waals surface area contributed by atoms with E-state index in [4.69, 9.17) is 10.5 Å². The molecule has 0 amide bonds. The molecular formula is C29H34F3N3O4S. The summed E-state index contributed by atoms with van der Waals surface area (Å²) in [4.78, 5) is 18.8. The second-order valence-electron chi connectivity index (χ2n) is 10.3. The summed E-state index contributed by atoms with van der Waals surface area (Å²) in [7, 11) is 1.57. The number of aromatic nitrogens is 1. The number of carbonyl (C=O) groups is 1. The molecule has 0 bridgehead atoms. The van der Waals surface area contributed by atoms with E-state index in [1.807, 2.05) is 12.1 Å². The quantitative estimate of drug-likeness (QED) is 0.197. The number of carboxylic acids is 1. The van der Waals surface area contributed by atoms with Gasteiger partial charge in [0.1, 0.15) is 5.75 Å². The molecule has 7 nitrogen and oxygen atoms in total. The second-order valence-corrected chi connectivity index (χ2v) is 11.5. The molecule has 0 aliphatic carbocycles. The standard InChI is InChI=1S/C29H34F3N3O4S/c1-39-19-2-3-24-21(12-19)27(18(16-33)17-34-24)25(36)4-5-29(15-26(37)38)6-8-35(9-7-29)10-11-40-20-13-22(30)28(32)23(31)14-20/h2-3,12-14,17,25,36H,4-11,15-16,33H2,1H3,(H,37,38)/t25-/m1/s1. The van der Waals surface area contributed by atoms with Crippen LogP contribution in [0.15, 0.2) is 41.4 Å². The van der Waals surface area contributed by atoms with Crippen LogP contribution in [0.4, 0.5) is 13.2 Å². The molecule has 1 fully saturated rings. The largest absolute Gasteiger partial charge is 0.497 e. The minimum Gasteiger partial charge on any atom is -0.497 e. The van der Waals surface area contributed by atoms with Crippen molar-refractivity contribution in [3.63, 3.8) is 0 Å². The van der Waals surface area contributed by atoms with Crippen LogP contribution in [0.25, 0.3) is 10.9 Å². The van der Waals surface area contributed by atoms with E-state index >= 15 is 0 Å². The summed E-state index contributed by atoms with van der Waals surface area (Å²) in [5, 5.41) is 21.8. The zero-order valence-electron chi connectivity index (χ0n) is 22.3. The zero-order chi connectivity index (χ0) is 28.9. The molecule has 216 valence electrons. The number of carboxylic acid groups (broad SMARTS) is 1. The lowest BCUT2D eigenvalue weighted by atomic mass is 9.71. The first-order chi connectivity index (χ1) is 19.1. The predicted molar refractivity (Wildman–Crippen MR) is 148 cm³/mol. The van der Waals surface area contributed by atoms with Crippen molar-refractivity contribution in [3.05, 3.63) is 65.1 Å². The van der Waals surface area contributed by atoms with Gasteiger partial charge in [-0.2, -0.15) is 0 Å². The second kappa shape index (κ2) is 13.2. The smallest absolute Gasteiger partial charge is 0.303 e. The van der Waals surface area contributed by atoms with Gasteiger partial charge in [0, 0.05) is 35.3 Å². The maximum absolute atomic E-state index is 13.5. The molecule has 1 aromatic heterocycles. The van der Waals surface area contributed by atoms with Crippen LogP contribution in [-0.4, -0.2) is 58.6 Å². The molecule has 0 radical (unpaired) electrons. The first-order valence-electron chi connectivity index (χ1n) is 13.2. The Kier molecular flexibility index (Phi) is 9.94. The van der Waals surface area contributed by atoms with Crippen LogP contribution in [0, 0.1) is 22.9 Å². The summed E-state index contributed by atoms with van der Waals surface area (Å²) in [5.41, 5.74) is 7.64. The van der Waals surface area contributed by atoms with Gasteiger partial charge in [0.25, 0.3) is 0 Å². The van der Waals surface area contributed by atoms with Crippen LogP contribution in [0.3, 0.4) is 0 Å². The van der Waals surface area contributed by atoms with E-state index in [0.29, 0.717) is 72.8 Å². The first-order valence-corrected chi connectivity index (χ1v) is 14.2. The van der Waals surface area contributed by atoms with Gasteiger partial charge in [0.2, 0.25) is 0 Å². The Morgan fingerprint density at radius 1 is 1.20 bits per heavy atom. The topological polar surface area (TPSA) is 109 Å². The molecule has 2 aromatic carbocycles. The van der Waals surface area contributed by atoms with E-state index in [1.54, 1.807) is 19.4 Å². The monoisotopic (exact) mass is 577 g/mol. The number of benzene rings is 2. The van der Waals surface area contributed by atoms with Crippen LogP contribution in [0.5, 0.6) is 5.75 Å². The Balaban J connectivity index is 1.40. The highest BCUT2D eigenvalue weighted by Gasteiger charge is 2.37. The van der Waals surface area contributed by atoms with E-state index in [2.05, 4.69) is 9.88 Å². The Morgan fingerprint density at radius 2 is 1.90 bits per heavy atom. The lowest BCUT2D eigenvalue weighted by molar-refractivity contribution is -0.141. The third-order valence-electron chi connectivity index (χ3n) is 7.78. The van der Waals surface area contributed by atoms with E-state index in [0.717, 1.165) is 23.1 Å². The fourth-order valence-electron chi connectivity index (χ4n) is 5.50. The lowest BCUT2D eigenvalue weighted by Crippen LogP contribution is -2.42. The van der Waals surface area contributed by atoms with Gasteiger partial charge in [-0.25, -0.2) is 13.2 Å². The van der Waals surface area contributed by atoms with Crippen molar-refractivity contribution < 1.29 is 32.9 Å². The van der Waals surface area contributed by atoms with E-state index in [9.17, 15) is 28.2 Å². The number of nitrogens with zero attached hydrogens (tertiary/aromatic N) is 2. The van der Waals surface area contributed by atoms with Gasteiger partial charge in [0.15, 0.2) is 17.5 Å². The van der Waals surface area contributed by atoms with E-state index in [1.165, 1.54) is 11.8 Å². The van der Waals surface area contributed by atoms with Crippen molar-refractivity contribution in [1.82, 2.24) is 9.88 Å². The number of piperidine rings is 1. The molecular weight excluding hydrogens is 543 g/mol. The average Bonchev–Trinajstić information content (AvgIpc) is 2.94. The Morgan fingerprint density at radius 3 is 2.52 bits per heavy atom. The highest BCUT2D eigenvalue weighted by Crippen LogP contribution is 2.42. The summed E-state index contributed by atoms with van der Waals surface area (Å²) in [6.07, 6.45) is 3.00. The molecule has 1 saturated heterocycles. The maximum atomic E-state index is 13.5. The van der Waals surface area contributed by atoms with Crippen LogP contribution >= 0.6 is 11.8 Å². The number of methoxy groups -OCH3 is 1. The molecule has 4 N–H and O–H groups in total. The fraction of sp³-hybridized carbons (Fsp3) is 0.448. The normalized spacial score (nSPS) is 16.2. The number of thioether (sulfide) groups is 1. The number of hydrogen-bond acceptors (Lipinski definition) is 7. The van der Waals surface area contributed by atoms with Gasteiger partial charge in [-0.15, -0.1) is 11.8 Å². The molecule has 1 atom stereocenters. The van der Waals surface area contributed by atoms with Crippen molar-refractivity contribution in [2.24, 2.45) is 11.1 Å². The van der Waals surface area contributed by atoms with Crippen molar-refractivity contribution in [3.8, 4) is 5.75 Å². The zero-order valence-corrected chi connectivity index (χ0v) is 23.2. The Labute approximate surface area is 235 Å². The van der Waals surface area contributed by atoms with E-state index < -0.39 is 34.9 Å². The molecule has 0 spiro atoms. The summed E-state index contributed by atoms with van der Waals surface area (Å²) in [6.45, 7) is 2.18. The number of ether oxygens (including phenoxy) is 1. The molecule has 3 aromatic rings. The van der Waals surface area contributed by atoms with Gasteiger partial charge in [-0.05, 0) is 85.6 Å². The maximum Gasteiger partial charge on any atom is 0.303 e. The lowest BCUT2D eigenvalue weighted by Gasteiger charge is -2.41. The van der Waals surface area contributed by atoms with Crippen molar-refractivity contribution in [2.45, 2.75) is 49.6 Å². The minimum atomic E-state index is -1.48. The molecule has 11 heteroatoms. The predicted octanol–water partition coefficient (Wildman–Crippen LogP) is 5.28. The average molecular weight is 578 g/mol. The van der Waals surface area contributed by atoms with Gasteiger partial charge in [-0.3, -0.25) is 9.78 Å². The summed E-state index contributed by atoms with van der Waals surface area (Å²) < 4.78 is 45.5. The number of pyridine rings is 1. The number of aliphatic carboxylic acids is 1. The minimum absolute atomic E-state index is 0.00506. The third-order valence-corrected chi connectivity index (χ3v) is 8.73. The number of hydrogen-bond donors (Lipinski definition) is 3. The highest BCUT2D eigenvalue weighted by molar-refractivity contribution is 7.99. The van der Waals surface area contributed by atoms with Gasteiger partial charge in [0.05, 0.1) is 25.2 Å². The van der Waals surface area contributed by atoms with Crippen LogP contribution in [0.2, 0.25) is 0 Å². The van der Waals surface area contributed by atoms with Crippen LogP contribution in [0.1, 0.15) is 49.3 Å². The molecule has 2 heterocycles. The number of aliphatic hydroxyl groups excluding tert-OH is 1. The molecule has 1 aliphatic rings. The highest BCUT2D eigenvalue weighted by atomic mass is 32.2. The first kappa shape index (κ1) is 30.1. The van der Waals surface area contributed by atoms with Crippen molar-refractivity contribution >= 4 is 28.6 Å². The summed E-state index contributed by atoms with van der Waals surface area (Å²) >= 11 is 1.24. The molecule has 40 heavy (non-hydrogen) atoms. The summed E-state index contributed by atoms with van der Waals surface area (Å²) in [6, 6.07) is 7.44. The Bertz CT molecular complexity index is 1320. The van der Waals surface area contributed by atoms with Crippen molar-refractivity contribution in [1.29, 1.82) is 0 Å². The Hall–Kier alpha value is -2.86. The number of fused-ring (bicyclic) bond motifs is 1. The number of nitrogens with two attached hydrogens (primary N) is 1. The molecule has 0 saturated carbocycles. The van der Waals surface area contributed by atoms with Gasteiger partial charge < -0.3 is 25.6 Å². The molecule has 1 aliphatic heterocycles. The van der Waals surface area contributed by atoms with Gasteiger partial charge in [-0.1, -0.05) is 0 Å². The fourth-order valence-corrected chi connectivity index (χ4v) is 6.46. The number of rotatable bonds is 12. The van der Waals surface area contributed by atoms with Crippen molar-refractivity contribution in [2.75, 3.05) is 32.5 Å². The third kappa shape index (κ3) is 7.06. The summed E-state index contributed by atoms with van der Waals surface area (Å²) in [5.74, 6) is -3.58. The molecule has 0 unspecified atom stereocenters. The number of likely N-dealkylation sites (tertiary alicyclic amines) is 1. The van der Waals surface area contributed by atoms with Crippen LogP contribution in [-0.2, 0) is 11.3 Å². The molecule has 4 rings (SSSR count). The van der Waals surface area contributed by atoms with E-state index in [-0.39, 0.29) is 13.0 Å². The van der Waals surface area contributed by atoms with Gasteiger partial charge >= 0.3 is 5.97 Å². The number of aliphatic hydroxyl groups is 1. The van der Waals surface area contributed by atoms with Crippen LogP contribution < -0.4 is 10.5 Å². The SMILES string of the molecule is COc1ccc2ncc(CN)c([C@H](O)CCC3(CC(=O)O)CCN(CCSc4cc(F)c(F)c(F)c4)CC3)c2c1. The number of halogens is 3.